The molecule has 1 atom stereocenters. The molecule has 2 aromatic carbocycles. The van der Waals surface area contributed by atoms with Gasteiger partial charge in [-0.3, -0.25) is 0 Å². The number of nitrogens with one attached hydrogen (secondary N) is 1. The largest absolute Gasteiger partial charge is 0.381 e. The van der Waals surface area contributed by atoms with Crippen LogP contribution in [0, 0.1) is 0 Å². The van der Waals surface area contributed by atoms with Crippen LogP contribution in [0.5, 0.6) is 0 Å². The number of allylic oxidation sites excluding steroid dienone is 2. The van der Waals surface area contributed by atoms with E-state index in [1.165, 1.54) is 16.7 Å². The summed E-state index contributed by atoms with van der Waals surface area (Å²) >= 11 is 0. The Balaban J connectivity index is 1.85. The Labute approximate surface area is 107 Å². The molecule has 0 fully saturated rings. The summed E-state index contributed by atoms with van der Waals surface area (Å²) in [5, 5.41) is 3.33. The Morgan fingerprint density at radius 1 is 0.722 bits per heavy atom. The summed E-state index contributed by atoms with van der Waals surface area (Å²) in [6.45, 7) is 0. The lowest BCUT2D eigenvalue weighted by Crippen LogP contribution is -2.14. The van der Waals surface area contributed by atoms with Gasteiger partial charge in [0.25, 0.3) is 0 Å². The fourth-order valence-electron chi connectivity index (χ4n) is 2.17. The first kappa shape index (κ1) is 10.8. The van der Waals surface area contributed by atoms with E-state index in [0.717, 1.165) is 0 Å². The fourth-order valence-corrected chi connectivity index (χ4v) is 2.17. The summed E-state index contributed by atoms with van der Waals surface area (Å²) in [4.78, 5) is 0. The highest BCUT2D eigenvalue weighted by Crippen LogP contribution is 2.23. The minimum atomic E-state index is 0.292. The minimum absolute atomic E-state index is 0.292. The molecule has 1 N–H and O–H groups in total. The molecule has 1 unspecified atom stereocenters. The van der Waals surface area contributed by atoms with Crippen LogP contribution in [0.2, 0.25) is 0 Å². The van der Waals surface area contributed by atoms with Crippen LogP contribution in [0.1, 0.15) is 11.6 Å². The lowest BCUT2D eigenvalue weighted by Gasteiger charge is -2.16. The van der Waals surface area contributed by atoms with Crippen molar-refractivity contribution in [3.05, 3.63) is 84.6 Å². The molecule has 3 rings (SSSR count). The lowest BCUT2D eigenvalue weighted by molar-refractivity contribution is 0.746. The molecule has 0 saturated carbocycles. The van der Waals surface area contributed by atoms with Crippen LogP contribution in [0.3, 0.4) is 0 Å². The van der Waals surface area contributed by atoms with Crippen molar-refractivity contribution >= 4 is 0 Å². The average molecular weight is 233 g/mol. The van der Waals surface area contributed by atoms with Crippen molar-refractivity contribution < 1.29 is 0 Å². The van der Waals surface area contributed by atoms with Crippen LogP contribution in [0.25, 0.3) is 11.1 Å². The van der Waals surface area contributed by atoms with E-state index in [0.29, 0.717) is 6.04 Å². The number of rotatable bonds is 2. The maximum absolute atomic E-state index is 3.33. The molecule has 18 heavy (non-hydrogen) atoms. The van der Waals surface area contributed by atoms with Crippen LogP contribution < -0.4 is 5.32 Å². The van der Waals surface area contributed by atoms with Crippen molar-refractivity contribution in [1.29, 1.82) is 0 Å². The molecule has 1 heteroatoms. The van der Waals surface area contributed by atoms with Gasteiger partial charge in [0.1, 0.15) is 0 Å². The summed E-state index contributed by atoms with van der Waals surface area (Å²) in [5.41, 5.74) is 3.81. The van der Waals surface area contributed by atoms with E-state index in [9.17, 15) is 0 Å². The van der Waals surface area contributed by atoms with Crippen LogP contribution in [0.15, 0.2) is 79.0 Å². The molecule has 0 aromatic heterocycles. The topological polar surface area (TPSA) is 12.0 Å². The predicted octanol–water partition coefficient (Wildman–Crippen LogP) is 4.07. The van der Waals surface area contributed by atoms with E-state index in [4.69, 9.17) is 0 Å². The lowest BCUT2D eigenvalue weighted by atomic mass is 10.00. The third-order valence-electron chi connectivity index (χ3n) is 3.16. The van der Waals surface area contributed by atoms with Gasteiger partial charge in [-0.05, 0) is 29.0 Å². The first-order chi connectivity index (χ1) is 8.93. The van der Waals surface area contributed by atoms with Gasteiger partial charge in [0.2, 0.25) is 0 Å². The molecule has 0 bridgehead atoms. The van der Waals surface area contributed by atoms with E-state index in [-0.39, 0.29) is 0 Å². The number of hydrogen-bond acceptors (Lipinski definition) is 1. The predicted molar refractivity (Wildman–Crippen MR) is 76.0 cm³/mol. The van der Waals surface area contributed by atoms with E-state index < -0.39 is 0 Å². The standard InChI is InChI=1S/C17H15N/c1-2-6-14(7-3-1)15-9-11-16(12-10-15)17-8-4-5-13-18-17/h1-13,17-18H. The van der Waals surface area contributed by atoms with E-state index >= 15 is 0 Å². The maximum atomic E-state index is 3.33. The Bertz CT molecular complexity index is 564. The zero-order valence-corrected chi connectivity index (χ0v) is 10.1. The molecular formula is C17H15N. The summed E-state index contributed by atoms with van der Waals surface area (Å²) in [6.07, 6.45) is 8.23. The number of benzene rings is 2. The third-order valence-corrected chi connectivity index (χ3v) is 3.16. The van der Waals surface area contributed by atoms with Crippen LogP contribution >= 0.6 is 0 Å². The highest BCUT2D eigenvalue weighted by molar-refractivity contribution is 5.63. The van der Waals surface area contributed by atoms with E-state index in [2.05, 4.69) is 66.0 Å². The Morgan fingerprint density at radius 3 is 2.11 bits per heavy atom. The molecule has 0 aliphatic carbocycles. The molecule has 0 radical (unpaired) electrons. The zero-order valence-electron chi connectivity index (χ0n) is 10.1. The summed E-state index contributed by atoms with van der Waals surface area (Å²) in [6, 6.07) is 19.5. The Morgan fingerprint density at radius 2 is 1.44 bits per heavy atom. The Hall–Kier alpha value is -2.28. The molecule has 1 heterocycles. The Kier molecular flexibility index (Phi) is 2.97. The second-order valence-corrected chi connectivity index (χ2v) is 4.38. The van der Waals surface area contributed by atoms with Gasteiger partial charge in [0.05, 0.1) is 6.04 Å². The van der Waals surface area contributed by atoms with Crippen LogP contribution in [0.4, 0.5) is 0 Å². The second-order valence-electron chi connectivity index (χ2n) is 4.38. The molecule has 0 saturated heterocycles. The van der Waals surface area contributed by atoms with Gasteiger partial charge in [-0.15, -0.1) is 0 Å². The fraction of sp³-hybridized carbons (Fsp3) is 0.0588. The van der Waals surface area contributed by atoms with Gasteiger partial charge in [-0.2, -0.15) is 0 Å². The molecule has 1 aliphatic rings. The van der Waals surface area contributed by atoms with Crippen molar-refractivity contribution in [2.24, 2.45) is 0 Å². The normalized spacial score (nSPS) is 17.4. The van der Waals surface area contributed by atoms with Crippen LogP contribution in [-0.2, 0) is 0 Å². The maximum Gasteiger partial charge on any atom is 0.0695 e. The van der Waals surface area contributed by atoms with Gasteiger partial charge >= 0.3 is 0 Å². The molecule has 1 nitrogen and oxygen atoms in total. The molecule has 0 amide bonds. The van der Waals surface area contributed by atoms with Crippen molar-refractivity contribution in [3.8, 4) is 11.1 Å². The van der Waals surface area contributed by atoms with E-state index in [1.54, 1.807) is 0 Å². The third kappa shape index (κ3) is 2.21. The summed E-state index contributed by atoms with van der Waals surface area (Å²) in [5.74, 6) is 0. The van der Waals surface area contributed by atoms with Crippen molar-refractivity contribution in [3.63, 3.8) is 0 Å². The van der Waals surface area contributed by atoms with Crippen LogP contribution in [-0.4, -0.2) is 0 Å². The second kappa shape index (κ2) is 4.92. The van der Waals surface area contributed by atoms with Gasteiger partial charge in [0, 0.05) is 0 Å². The summed E-state index contributed by atoms with van der Waals surface area (Å²) in [7, 11) is 0. The molecule has 1 aliphatic heterocycles. The molecular weight excluding hydrogens is 218 g/mol. The number of hydrogen-bond donors (Lipinski definition) is 1. The van der Waals surface area contributed by atoms with Crippen molar-refractivity contribution in [2.45, 2.75) is 6.04 Å². The van der Waals surface area contributed by atoms with Gasteiger partial charge in [-0.1, -0.05) is 66.7 Å². The first-order valence-electron chi connectivity index (χ1n) is 6.18. The molecule has 0 spiro atoms. The van der Waals surface area contributed by atoms with Gasteiger partial charge < -0.3 is 5.32 Å². The molecule has 88 valence electrons. The van der Waals surface area contributed by atoms with Crippen molar-refractivity contribution in [1.82, 2.24) is 5.32 Å². The molecule has 2 aromatic rings. The summed E-state index contributed by atoms with van der Waals surface area (Å²) < 4.78 is 0. The monoisotopic (exact) mass is 233 g/mol. The van der Waals surface area contributed by atoms with E-state index in [1.807, 2.05) is 18.3 Å². The van der Waals surface area contributed by atoms with Crippen molar-refractivity contribution in [2.75, 3.05) is 0 Å². The smallest absolute Gasteiger partial charge is 0.0695 e. The quantitative estimate of drug-likeness (QED) is 0.824. The zero-order chi connectivity index (χ0) is 12.2. The highest BCUT2D eigenvalue weighted by atomic mass is 14.9. The number of dihydropyridines is 1. The first-order valence-corrected chi connectivity index (χ1v) is 6.18. The SMILES string of the molecule is C1=CNC(c2ccc(-c3ccccc3)cc2)C=C1. The van der Waals surface area contributed by atoms with Gasteiger partial charge in [-0.25, -0.2) is 0 Å². The minimum Gasteiger partial charge on any atom is -0.381 e. The highest BCUT2D eigenvalue weighted by Gasteiger charge is 2.07. The van der Waals surface area contributed by atoms with Gasteiger partial charge in [0.15, 0.2) is 0 Å². The average Bonchev–Trinajstić information content (AvgIpc) is 2.49.